The van der Waals surface area contributed by atoms with E-state index in [1.807, 2.05) is 0 Å². The van der Waals surface area contributed by atoms with Crippen LogP contribution in [0.15, 0.2) is 84.5 Å². The molecule has 5 heteroatoms. The van der Waals surface area contributed by atoms with E-state index >= 15 is 0 Å². The van der Waals surface area contributed by atoms with E-state index in [9.17, 15) is 0 Å². The van der Waals surface area contributed by atoms with E-state index in [0.717, 1.165) is 19.0 Å². The Morgan fingerprint density at radius 3 is 1.68 bits per heavy atom. The summed E-state index contributed by atoms with van der Waals surface area (Å²) in [6.07, 6.45) is 5.48. The first-order valence-electron chi connectivity index (χ1n) is 14.1. The van der Waals surface area contributed by atoms with Crippen molar-refractivity contribution in [2.24, 2.45) is 0 Å². The summed E-state index contributed by atoms with van der Waals surface area (Å²) >= 11 is 0. The van der Waals surface area contributed by atoms with E-state index in [1.165, 1.54) is 21.8 Å². The summed E-state index contributed by atoms with van der Waals surface area (Å²) in [4.78, 5) is 0. The first kappa shape index (κ1) is 31.2. The average Bonchev–Trinajstić information content (AvgIpc) is 2.81. The maximum atomic E-state index is 7.03. The Balaban J connectivity index is 1.95. The van der Waals surface area contributed by atoms with Crippen LogP contribution in [0.4, 0.5) is 0 Å². The zero-order valence-corrected chi connectivity index (χ0v) is 28.5. The van der Waals surface area contributed by atoms with Crippen LogP contribution in [0.5, 0.6) is 0 Å². The smallest absolute Gasteiger partial charge is 0.192 e. The summed E-state index contributed by atoms with van der Waals surface area (Å²) in [5.74, 6) is 0. The Bertz CT molecular complexity index is 1060. The molecule has 0 bridgehead atoms. The highest BCUT2D eigenvalue weighted by Crippen LogP contribution is 2.44. The molecule has 2 aromatic carbocycles. The van der Waals surface area contributed by atoms with Gasteiger partial charge in [0, 0.05) is 6.42 Å². The topological polar surface area (TPSA) is 18.5 Å². The molecular formula is C33H51O2PSi2. The molecule has 0 aliphatic heterocycles. The molecule has 2 atom stereocenters. The molecule has 0 N–H and O–H groups in total. The number of hydrogen-bond donors (Lipinski definition) is 0. The number of rotatable bonds is 8. The SMILES string of the molecule is C=C1C(=CCP(c2ccccc2)c2ccccc2)C[C@@H](O[Si](C)(C)C(C)(C)C)C[C@@H]1O[Si](C)(C)C(C)(C)C. The summed E-state index contributed by atoms with van der Waals surface area (Å²) < 4.78 is 14.1. The minimum atomic E-state index is -1.97. The van der Waals surface area contributed by atoms with Gasteiger partial charge in [-0.15, -0.1) is 0 Å². The first-order valence-corrected chi connectivity index (χ1v) is 21.5. The van der Waals surface area contributed by atoms with Crippen LogP contribution in [-0.4, -0.2) is 35.0 Å². The van der Waals surface area contributed by atoms with Crippen molar-refractivity contribution in [3.05, 3.63) is 84.5 Å². The second kappa shape index (κ2) is 12.1. The van der Waals surface area contributed by atoms with Gasteiger partial charge in [0.2, 0.25) is 0 Å². The van der Waals surface area contributed by atoms with Gasteiger partial charge in [-0.25, -0.2) is 0 Å². The van der Waals surface area contributed by atoms with Crippen LogP contribution < -0.4 is 10.6 Å². The van der Waals surface area contributed by atoms with Crippen molar-refractivity contribution in [3.8, 4) is 0 Å². The molecule has 0 unspecified atom stereocenters. The summed E-state index contributed by atoms with van der Waals surface area (Å²) in [5, 5.41) is 3.15. The molecule has 2 nitrogen and oxygen atoms in total. The minimum Gasteiger partial charge on any atom is -0.413 e. The molecule has 38 heavy (non-hydrogen) atoms. The highest BCUT2D eigenvalue weighted by Gasteiger charge is 2.44. The van der Waals surface area contributed by atoms with Crippen LogP contribution in [0.2, 0.25) is 36.3 Å². The van der Waals surface area contributed by atoms with Gasteiger partial charge in [-0.05, 0) is 78.5 Å². The lowest BCUT2D eigenvalue weighted by atomic mass is 9.86. The van der Waals surface area contributed by atoms with Crippen LogP contribution in [0.3, 0.4) is 0 Å². The molecule has 3 rings (SSSR count). The quantitative estimate of drug-likeness (QED) is 0.234. The summed E-state index contributed by atoms with van der Waals surface area (Å²) in [7, 11) is -4.38. The lowest BCUT2D eigenvalue weighted by Crippen LogP contribution is -2.49. The zero-order valence-electron chi connectivity index (χ0n) is 25.6. The fraction of sp³-hybridized carbons (Fsp3) is 0.515. The second-order valence-corrected chi connectivity index (χ2v) is 25.6. The average molecular weight is 567 g/mol. The lowest BCUT2D eigenvalue weighted by molar-refractivity contribution is 0.0969. The maximum Gasteiger partial charge on any atom is 0.192 e. The lowest BCUT2D eigenvalue weighted by Gasteiger charge is -2.45. The number of allylic oxidation sites excluding steroid dienone is 1. The van der Waals surface area contributed by atoms with Crippen molar-refractivity contribution in [2.75, 3.05) is 6.16 Å². The van der Waals surface area contributed by atoms with Gasteiger partial charge >= 0.3 is 0 Å². The molecule has 0 aromatic heterocycles. The summed E-state index contributed by atoms with van der Waals surface area (Å²) in [6.45, 7) is 28.0. The van der Waals surface area contributed by atoms with Gasteiger partial charge in [-0.3, -0.25) is 0 Å². The normalized spacial score (nSPS) is 20.8. The molecule has 208 valence electrons. The van der Waals surface area contributed by atoms with Gasteiger partial charge in [0.05, 0.1) is 12.2 Å². The van der Waals surface area contributed by atoms with Gasteiger partial charge in [-0.1, -0.05) is 115 Å². The van der Waals surface area contributed by atoms with E-state index in [2.05, 4.69) is 141 Å². The van der Waals surface area contributed by atoms with E-state index in [4.69, 9.17) is 8.85 Å². The Kier molecular flexibility index (Phi) is 9.92. The van der Waals surface area contributed by atoms with E-state index in [0.29, 0.717) is 0 Å². The fourth-order valence-electron chi connectivity index (χ4n) is 4.37. The molecule has 2 aromatic rings. The van der Waals surface area contributed by atoms with Crippen molar-refractivity contribution in [2.45, 2.75) is 103 Å². The molecular weight excluding hydrogens is 516 g/mol. The Morgan fingerprint density at radius 2 is 1.24 bits per heavy atom. The first-order chi connectivity index (χ1) is 17.5. The molecule has 1 fully saturated rings. The van der Waals surface area contributed by atoms with Gasteiger partial charge < -0.3 is 8.85 Å². The third-order valence-electron chi connectivity index (χ3n) is 8.89. The van der Waals surface area contributed by atoms with Gasteiger partial charge in [0.25, 0.3) is 0 Å². The monoisotopic (exact) mass is 566 g/mol. The predicted molar refractivity (Wildman–Crippen MR) is 175 cm³/mol. The van der Waals surface area contributed by atoms with Crippen molar-refractivity contribution < 1.29 is 8.85 Å². The molecule has 0 radical (unpaired) electrons. The molecule has 1 aliphatic carbocycles. The number of benzene rings is 2. The fourth-order valence-corrected chi connectivity index (χ4v) is 9.23. The third-order valence-corrected chi connectivity index (χ3v) is 20.3. The molecule has 0 amide bonds. The van der Waals surface area contributed by atoms with E-state index in [-0.39, 0.29) is 22.3 Å². The van der Waals surface area contributed by atoms with Gasteiger partial charge in [0.1, 0.15) is 0 Å². The molecule has 0 heterocycles. The van der Waals surface area contributed by atoms with Gasteiger partial charge in [-0.2, -0.15) is 0 Å². The third kappa shape index (κ3) is 7.67. The van der Waals surface area contributed by atoms with Crippen molar-refractivity contribution in [3.63, 3.8) is 0 Å². The van der Waals surface area contributed by atoms with Crippen LogP contribution >= 0.6 is 7.92 Å². The van der Waals surface area contributed by atoms with E-state index in [1.54, 1.807) is 0 Å². The largest absolute Gasteiger partial charge is 0.413 e. The van der Waals surface area contributed by atoms with Crippen molar-refractivity contribution >= 4 is 35.2 Å². The summed E-state index contributed by atoms with van der Waals surface area (Å²) in [5.41, 5.74) is 2.50. The van der Waals surface area contributed by atoms with Crippen LogP contribution in [0.25, 0.3) is 0 Å². The van der Waals surface area contributed by atoms with Crippen LogP contribution in [-0.2, 0) is 8.85 Å². The Hall–Kier alpha value is -1.30. The Morgan fingerprint density at radius 1 is 0.789 bits per heavy atom. The highest BCUT2D eigenvalue weighted by atomic mass is 31.1. The second-order valence-electron chi connectivity index (χ2n) is 13.8. The van der Waals surface area contributed by atoms with Crippen molar-refractivity contribution in [1.29, 1.82) is 0 Å². The number of hydrogen-bond acceptors (Lipinski definition) is 2. The predicted octanol–water partition coefficient (Wildman–Crippen LogP) is 9.18. The standard InChI is InChI=1S/C33H51O2PSi2/c1-26-27(22-23-36(29-18-14-12-15-19-29)30-20-16-13-17-21-30)24-28(34-37(8,9)32(2,3)4)25-31(26)35-38(10,11)33(5,6)7/h12-22,28,31H,1,23-25H2,2-11H3/t28-,31+/m1/s1. The van der Waals surface area contributed by atoms with Gasteiger partial charge in [0.15, 0.2) is 16.6 Å². The molecule has 0 saturated heterocycles. The van der Waals surface area contributed by atoms with Crippen molar-refractivity contribution in [1.82, 2.24) is 0 Å². The highest BCUT2D eigenvalue weighted by molar-refractivity contribution is 7.73. The minimum absolute atomic E-state index is 0.0188. The maximum absolute atomic E-state index is 7.03. The molecule has 1 saturated carbocycles. The molecule has 1 aliphatic rings. The Labute approximate surface area is 237 Å². The van der Waals surface area contributed by atoms with Crippen LogP contribution in [0, 0.1) is 0 Å². The zero-order chi connectivity index (χ0) is 28.4. The van der Waals surface area contributed by atoms with E-state index < -0.39 is 24.6 Å². The summed E-state index contributed by atoms with van der Waals surface area (Å²) in [6, 6.07) is 22.0. The van der Waals surface area contributed by atoms with Crippen LogP contribution in [0.1, 0.15) is 54.4 Å². The molecule has 0 spiro atoms.